The van der Waals surface area contributed by atoms with Gasteiger partial charge in [0.25, 0.3) is 6.71 Å². The average Bonchev–Trinajstić information content (AvgIpc) is 3.52. The van der Waals surface area contributed by atoms with Gasteiger partial charge in [0.2, 0.25) is 0 Å². The van der Waals surface area contributed by atoms with Crippen LogP contribution in [-0.4, -0.2) is 6.71 Å². The first kappa shape index (κ1) is 44.4. The highest BCUT2D eigenvalue weighted by Gasteiger charge is 2.49. The van der Waals surface area contributed by atoms with Gasteiger partial charge >= 0.3 is 0 Å². The van der Waals surface area contributed by atoms with Gasteiger partial charge < -0.3 is 14.7 Å². The molecule has 4 heteroatoms. The lowest BCUT2D eigenvalue weighted by atomic mass is 9.33. The highest BCUT2D eigenvalue weighted by molar-refractivity contribution is 7.00. The van der Waals surface area contributed by atoms with Crippen molar-refractivity contribution in [2.24, 2.45) is 0 Å². The molecular formula is C66H66BN3. The number of anilines is 9. The van der Waals surface area contributed by atoms with Crippen LogP contribution in [0.5, 0.6) is 0 Å². The third-order valence-electron chi connectivity index (χ3n) is 16.9. The van der Waals surface area contributed by atoms with E-state index >= 15 is 0 Å². The van der Waals surface area contributed by atoms with Crippen LogP contribution in [0.4, 0.5) is 51.2 Å². The zero-order valence-corrected chi connectivity index (χ0v) is 43.1. The van der Waals surface area contributed by atoms with E-state index in [9.17, 15) is 0 Å². The topological polar surface area (TPSA) is 9.72 Å². The molecule has 0 spiro atoms. The standard InChI is InChI=1S/C66H66BN3/c1-42-33-60-62-61(34-42)70(58-39-52-50(36-44(58)3)63(4,5)31-32-64(52,6)7)59-40-53-51(65(8,9)41-66(53,10)11)38-55(59)67(62)54-37-49(68(47-23-17-13-18-24-47)48-25-19-14-20-26-48)28-30-57(54)69(60)56-29-27-46(35-43(56)2)45-21-15-12-16-22-45/h12-30,33-40H,31-32,41H2,1-11H3. The Bertz CT molecular complexity index is 3360. The van der Waals surface area contributed by atoms with Crippen molar-refractivity contribution in [1.82, 2.24) is 0 Å². The molecule has 2 aliphatic carbocycles. The van der Waals surface area contributed by atoms with Gasteiger partial charge in [0.05, 0.1) is 0 Å². The molecule has 8 aromatic carbocycles. The van der Waals surface area contributed by atoms with Crippen LogP contribution < -0.4 is 31.1 Å². The maximum Gasteiger partial charge on any atom is 0.252 e. The van der Waals surface area contributed by atoms with E-state index in [1.807, 2.05) is 0 Å². The molecule has 0 radical (unpaired) electrons. The van der Waals surface area contributed by atoms with Gasteiger partial charge in [-0.1, -0.05) is 140 Å². The second kappa shape index (κ2) is 15.6. The lowest BCUT2D eigenvalue weighted by molar-refractivity contribution is 0.332. The number of aryl methyl sites for hydroxylation is 3. The third-order valence-corrected chi connectivity index (χ3v) is 16.9. The van der Waals surface area contributed by atoms with Gasteiger partial charge in [-0.05, 0) is 207 Å². The molecule has 0 fully saturated rings. The van der Waals surface area contributed by atoms with Crippen molar-refractivity contribution in [2.45, 2.75) is 117 Å². The summed E-state index contributed by atoms with van der Waals surface area (Å²) in [6, 6.07) is 62.4. The van der Waals surface area contributed by atoms with E-state index in [2.05, 4.69) is 255 Å². The largest absolute Gasteiger partial charge is 0.311 e. The van der Waals surface area contributed by atoms with Gasteiger partial charge in [0.15, 0.2) is 0 Å². The zero-order chi connectivity index (χ0) is 48.6. The fourth-order valence-electron chi connectivity index (χ4n) is 13.5. The van der Waals surface area contributed by atoms with E-state index in [0.29, 0.717) is 0 Å². The van der Waals surface area contributed by atoms with Crippen LogP contribution in [0.15, 0.2) is 164 Å². The van der Waals surface area contributed by atoms with E-state index in [1.165, 1.54) is 113 Å². The summed E-state index contributed by atoms with van der Waals surface area (Å²) in [6.45, 7) is 26.7. The fraction of sp³-hybridized carbons (Fsp3) is 0.273. The Morgan fingerprint density at radius 1 is 0.386 bits per heavy atom. The molecule has 2 heterocycles. The number of nitrogens with zero attached hydrogens (tertiary/aromatic N) is 3. The molecule has 0 atom stereocenters. The number of para-hydroxylation sites is 2. The van der Waals surface area contributed by atoms with Crippen molar-refractivity contribution in [2.75, 3.05) is 14.7 Å². The maximum absolute atomic E-state index is 2.71. The van der Waals surface area contributed by atoms with E-state index in [1.54, 1.807) is 0 Å². The van der Waals surface area contributed by atoms with Gasteiger partial charge in [0.1, 0.15) is 0 Å². The van der Waals surface area contributed by atoms with Crippen LogP contribution in [0.3, 0.4) is 0 Å². The van der Waals surface area contributed by atoms with Crippen molar-refractivity contribution in [3.63, 3.8) is 0 Å². The van der Waals surface area contributed by atoms with E-state index in [0.717, 1.165) is 23.5 Å². The molecule has 0 amide bonds. The van der Waals surface area contributed by atoms with Crippen molar-refractivity contribution in [1.29, 1.82) is 0 Å². The Hall–Kier alpha value is -6.78. The highest BCUT2D eigenvalue weighted by Crippen LogP contribution is 2.55. The predicted molar refractivity (Wildman–Crippen MR) is 301 cm³/mol. The van der Waals surface area contributed by atoms with Crippen LogP contribution in [0.2, 0.25) is 0 Å². The molecule has 4 aliphatic rings. The van der Waals surface area contributed by atoms with Gasteiger partial charge in [0, 0.05) is 51.2 Å². The summed E-state index contributed by atoms with van der Waals surface area (Å²) < 4.78 is 0. The van der Waals surface area contributed by atoms with Crippen LogP contribution in [0.1, 0.15) is 114 Å². The number of hydrogen-bond donors (Lipinski definition) is 0. The molecule has 0 saturated carbocycles. The molecule has 348 valence electrons. The molecule has 0 N–H and O–H groups in total. The molecule has 70 heavy (non-hydrogen) atoms. The molecule has 2 aliphatic heterocycles. The first-order valence-corrected chi connectivity index (χ1v) is 25.7. The van der Waals surface area contributed by atoms with Crippen LogP contribution in [0.25, 0.3) is 11.1 Å². The van der Waals surface area contributed by atoms with Crippen molar-refractivity contribution in [3.05, 3.63) is 203 Å². The number of rotatable bonds is 6. The lowest BCUT2D eigenvalue weighted by Gasteiger charge is -2.47. The summed E-state index contributed by atoms with van der Waals surface area (Å²) >= 11 is 0. The first-order chi connectivity index (χ1) is 33.4. The Labute approximate surface area is 417 Å². The van der Waals surface area contributed by atoms with E-state index in [4.69, 9.17) is 0 Å². The van der Waals surface area contributed by atoms with Gasteiger partial charge in [-0.2, -0.15) is 0 Å². The second-order valence-electron chi connectivity index (χ2n) is 23.8. The number of fused-ring (bicyclic) bond motifs is 6. The summed E-state index contributed by atoms with van der Waals surface area (Å²) in [5.74, 6) is 0. The normalized spacial score (nSPS) is 17.3. The Morgan fingerprint density at radius 3 is 1.47 bits per heavy atom. The quantitative estimate of drug-likeness (QED) is 0.154. The van der Waals surface area contributed by atoms with Crippen LogP contribution in [-0.2, 0) is 21.7 Å². The summed E-state index contributed by atoms with van der Waals surface area (Å²) in [5, 5.41) is 0. The smallest absolute Gasteiger partial charge is 0.252 e. The summed E-state index contributed by atoms with van der Waals surface area (Å²) in [4.78, 5) is 7.75. The zero-order valence-electron chi connectivity index (χ0n) is 43.1. The third kappa shape index (κ3) is 6.84. The monoisotopic (exact) mass is 912 g/mol. The molecule has 8 aromatic rings. The molecule has 0 bridgehead atoms. The summed E-state index contributed by atoms with van der Waals surface area (Å²) in [7, 11) is 0. The Morgan fingerprint density at radius 2 is 0.871 bits per heavy atom. The molecule has 3 nitrogen and oxygen atoms in total. The van der Waals surface area contributed by atoms with Gasteiger partial charge in [-0.15, -0.1) is 0 Å². The maximum atomic E-state index is 2.71. The van der Waals surface area contributed by atoms with E-state index < -0.39 is 0 Å². The average molecular weight is 912 g/mol. The Kier molecular flexibility index (Phi) is 9.91. The van der Waals surface area contributed by atoms with Crippen LogP contribution >= 0.6 is 0 Å². The summed E-state index contributed by atoms with van der Waals surface area (Å²) in [6.07, 6.45) is 3.47. The highest BCUT2D eigenvalue weighted by atomic mass is 15.2. The van der Waals surface area contributed by atoms with Crippen molar-refractivity contribution < 1.29 is 0 Å². The predicted octanol–water partition coefficient (Wildman–Crippen LogP) is 16.1. The van der Waals surface area contributed by atoms with E-state index in [-0.39, 0.29) is 28.4 Å². The van der Waals surface area contributed by atoms with Gasteiger partial charge in [-0.3, -0.25) is 0 Å². The SMILES string of the molecule is Cc1cc2c3c(c1)N(c1cc4c(cc1C)C(C)(C)CCC4(C)C)c1cc4c(cc1B3c1cc(N(c3ccccc3)c3ccccc3)ccc1N2c1ccc(-c2ccccc2)cc1C)C(C)(C)CC4(C)C. The molecule has 0 unspecified atom stereocenters. The minimum absolute atomic E-state index is 0.0207. The first-order valence-electron chi connectivity index (χ1n) is 25.7. The molecule has 0 saturated heterocycles. The second-order valence-corrected chi connectivity index (χ2v) is 23.8. The Balaban J connectivity index is 1.18. The van der Waals surface area contributed by atoms with Gasteiger partial charge in [-0.25, -0.2) is 0 Å². The number of hydrogen-bond acceptors (Lipinski definition) is 3. The minimum Gasteiger partial charge on any atom is -0.311 e. The molecular weight excluding hydrogens is 846 g/mol. The van der Waals surface area contributed by atoms with Crippen molar-refractivity contribution >= 4 is 74.3 Å². The molecule has 0 aromatic heterocycles. The number of benzene rings is 8. The molecule has 12 rings (SSSR count). The lowest BCUT2D eigenvalue weighted by Crippen LogP contribution is -2.61. The summed E-state index contributed by atoms with van der Waals surface area (Å²) in [5.41, 5.74) is 27.5. The van der Waals surface area contributed by atoms with Crippen LogP contribution in [0, 0.1) is 20.8 Å². The van der Waals surface area contributed by atoms with Crippen molar-refractivity contribution in [3.8, 4) is 11.1 Å². The fourth-order valence-corrected chi connectivity index (χ4v) is 13.5. The minimum atomic E-state index is -0.0292.